The highest BCUT2D eigenvalue weighted by Gasteiger charge is 2.46. The van der Waals surface area contributed by atoms with Gasteiger partial charge in [-0.25, -0.2) is 0 Å². The van der Waals surface area contributed by atoms with Crippen molar-refractivity contribution in [3.05, 3.63) is 11.9 Å². The maximum atomic E-state index is 14.9. The van der Waals surface area contributed by atoms with E-state index in [4.69, 9.17) is 33.2 Å². The zero-order chi connectivity index (χ0) is 91.4. The molecule has 1 aromatic rings. The Morgan fingerprint density at radius 3 is 0.696 bits per heavy atom. The summed E-state index contributed by atoms with van der Waals surface area (Å²) >= 11 is 2.13. The van der Waals surface area contributed by atoms with Crippen LogP contribution >= 0.6 is 11.8 Å². The van der Waals surface area contributed by atoms with Gasteiger partial charge < -0.3 is 33.2 Å². The molecule has 17 nitrogen and oxygen atoms in total. The molecule has 0 radical (unpaired) electrons. The topological polar surface area (TPSA) is 215 Å². The van der Waals surface area contributed by atoms with Crippen molar-refractivity contribution in [3.63, 3.8) is 0 Å². The molecule has 0 saturated heterocycles. The first-order valence-electron chi connectivity index (χ1n) is 53.4. The maximum absolute atomic E-state index is 14.9. The van der Waals surface area contributed by atoms with E-state index in [0.717, 1.165) is 96.3 Å². The molecule has 1 heterocycles. The molecule has 1 aromatic heterocycles. The Labute approximate surface area is 773 Å². The molecule has 0 bridgehead atoms. The highest BCUT2D eigenvalue weighted by Crippen LogP contribution is 2.34. The van der Waals surface area contributed by atoms with E-state index in [1.807, 2.05) is 0 Å². The maximum Gasteiger partial charge on any atom is 0.319 e. The standard InChI is InChI=1S/C107H199N3O14S/c1-11-17-21-25-29-33-37-41-45-49-53-58-64-70-76-82-97(111)119-90-104(7,91-120-98(112)83-77-71-65-59-54-50-46-42-38-34-30-26-22-18-12-2)102(116)123-94-106(9,101(115)118-89-96-88-110(109-108-96)86-80-74-68-62-57-63-69-75-81-87-125-107(10,15-5)16-6)95-124-103(117)105(8,92-121-99(113)84-78-72-66-60-55-51-47-43-39-35-31-27-23-19-13-3)93-122-100(114)85-79-73-67-61-56-52-48-44-40-36-32-28-24-20-14-4/h88H,11-87,89-95H2,1-10H3. The van der Waals surface area contributed by atoms with Crippen LogP contribution in [0.4, 0.5) is 0 Å². The van der Waals surface area contributed by atoms with Crippen LogP contribution in [0.15, 0.2) is 6.20 Å². The monoisotopic (exact) mass is 1780 g/mol. The van der Waals surface area contributed by atoms with Crippen molar-refractivity contribution >= 4 is 53.5 Å². The van der Waals surface area contributed by atoms with Gasteiger partial charge in [-0.15, -0.1) is 5.10 Å². The summed E-state index contributed by atoms with van der Waals surface area (Å²) in [5.74, 6) is -3.42. The van der Waals surface area contributed by atoms with Gasteiger partial charge in [-0.3, -0.25) is 38.2 Å². The third-order valence-corrected chi connectivity index (χ3v) is 27.8. The average molecular weight is 1780 g/mol. The Hall–Kier alpha value is -4.22. The predicted octanol–water partition coefficient (Wildman–Crippen LogP) is 31.5. The molecule has 0 atom stereocenters. The SMILES string of the molecule is CCCCCCCCCCCCCCCCCC(=O)OCC(C)(COC(=O)CCCCCCCCCCCCCCCCC)C(=O)OCC(C)(COC(=O)C(C)(COC(=O)CCCCCCCCCCCCCCCCC)COC(=O)CCCCCCCCCCCCCCCCC)C(=O)OCc1cn(CCCCCCCCCCCSC(C)(CC)CC)nn1. The quantitative estimate of drug-likeness (QED) is 0.0337. The van der Waals surface area contributed by atoms with Gasteiger partial charge in [0.2, 0.25) is 0 Å². The van der Waals surface area contributed by atoms with Crippen molar-refractivity contribution in [2.45, 2.75) is 569 Å². The lowest BCUT2D eigenvalue weighted by Crippen LogP contribution is -2.46. The minimum atomic E-state index is -1.89. The number of hydrogen-bond donors (Lipinski definition) is 0. The fraction of sp³-hybridized carbons (Fsp3) is 0.916. The average Bonchev–Trinajstić information content (AvgIpc) is 1.45. The van der Waals surface area contributed by atoms with Gasteiger partial charge in [0.05, 0.1) is 6.20 Å². The summed E-state index contributed by atoms with van der Waals surface area (Å²) in [5.41, 5.74) is -4.94. The zero-order valence-corrected chi connectivity index (χ0v) is 84.3. The van der Waals surface area contributed by atoms with Crippen LogP contribution in [0, 0.1) is 16.2 Å². The molecule has 0 aromatic carbocycles. The number of aryl methyl sites for hydroxylation is 1. The van der Waals surface area contributed by atoms with Gasteiger partial charge in [0.25, 0.3) is 0 Å². The molecule has 0 saturated carbocycles. The Balaban J connectivity index is 3.43. The number of hydrogen-bond acceptors (Lipinski definition) is 17. The second-order valence-corrected chi connectivity index (χ2v) is 40.7. The molecule has 0 amide bonds. The molecule has 0 spiro atoms. The van der Waals surface area contributed by atoms with Crippen molar-refractivity contribution in [2.24, 2.45) is 16.2 Å². The number of esters is 7. The fourth-order valence-electron chi connectivity index (χ4n) is 16.3. The van der Waals surface area contributed by atoms with Crippen molar-refractivity contribution in [1.29, 1.82) is 0 Å². The Morgan fingerprint density at radius 1 is 0.264 bits per heavy atom. The van der Waals surface area contributed by atoms with Crippen molar-refractivity contribution < 1.29 is 66.7 Å². The normalized spacial score (nSPS) is 12.0. The van der Waals surface area contributed by atoms with Crippen LogP contribution in [-0.4, -0.2) is 107 Å². The van der Waals surface area contributed by atoms with E-state index >= 15 is 0 Å². The lowest BCUT2D eigenvalue weighted by molar-refractivity contribution is -0.182. The van der Waals surface area contributed by atoms with Crippen molar-refractivity contribution in [1.82, 2.24) is 15.0 Å². The number of nitrogens with zero attached hydrogens (tertiary/aromatic N) is 3. The highest BCUT2D eigenvalue weighted by atomic mass is 32.2. The number of carbonyl (C=O) groups excluding carboxylic acids is 7. The first-order chi connectivity index (χ1) is 60.8. The molecule has 732 valence electrons. The number of aromatic nitrogens is 3. The van der Waals surface area contributed by atoms with Gasteiger partial charge in [-0.2, -0.15) is 11.8 Å². The minimum absolute atomic E-state index is 0.153. The summed E-state index contributed by atoms with van der Waals surface area (Å²) in [6.07, 6.45) is 86.9. The minimum Gasteiger partial charge on any atom is -0.464 e. The summed E-state index contributed by atoms with van der Waals surface area (Å²) in [7, 11) is 0. The number of unbranched alkanes of at least 4 members (excludes halogenated alkanes) is 64. The number of ether oxygens (including phenoxy) is 7. The Morgan fingerprint density at radius 2 is 0.464 bits per heavy atom. The van der Waals surface area contributed by atoms with Gasteiger partial charge in [-0.05, 0) is 77.9 Å². The molecule has 125 heavy (non-hydrogen) atoms. The van der Waals surface area contributed by atoms with E-state index in [1.165, 1.54) is 360 Å². The first-order valence-corrected chi connectivity index (χ1v) is 54.4. The van der Waals surface area contributed by atoms with Gasteiger partial charge in [0.15, 0.2) is 0 Å². The molecule has 0 N–H and O–H groups in total. The molecule has 0 aliphatic rings. The van der Waals surface area contributed by atoms with E-state index in [1.54, 1.807) is 10.9 Å². The second kappa shape index (κ2) is 84.1. The van der Waals surface area contributed by atoms with Crippen molar-refractivity contribution in [2.75, 3.05) is 45.4 Å². The molecule has 0 aliphatic carbocycles. The van der Waals surface area contributed by atoms with E-state index in [-0.39, 0.29) is 32.3 Å². The third-order valence-electron chi connectivity index (χ3n) is 26.1. The lowest BCUT2D eigenvalue weighted by Gasteiger charge is -2.32. The van der Waals surface area contributed by atoms with Crippen LogP contribution < -0.4 is 0 Å². The summed E-state index contributed by atoms with van der Waals surface area (Å²) in [4.78, 5) is 98.9. The van der Waals surface area contributed by atoms with Crippen LogP contribution in [-0.2, 0) is 79.9 Å². The Bertz CT molecular complexity index is 2460. The number of rotatable bonds is 96. The zero-order valence-electron chi connectivity index (χ0n) is 83.4. The van der Waals surface area contributed by atoms with Crippen LogP contribution in [0.5, 0.6) is 0 Å². The first kappa shape index (κ1) is 119. The Kier molecular flexibility index (Phi) is 79.9. The van der Waals surface area contributed by atoms with E-state index in [0.29, 0.717) is 42.7 Å². The van der Waals surface area contributed by atoms with Crippen molar-refractivity contribution in [3.8, 4) is 0 Å². The predicted molar refractivity (Wildman–Crippen MR) is 521 cm³/mol. The van der Waals surface area contributed by atoms with Crippen LogP contribution in [0.1, 0.15) is 556 Å². The molecule has 1 rings (SSSR count). The molecule has 18 heteroatoms. The van der Waals surface area contributed by atoms with Crippen LogP contribution in [0.3, 0.4) is 0 Å². The molecule has 0 unspecified atom stereocenters. The second-order valence-electron chi connectivity index (χ2n) is 39.0. The smallest absolute Gasteiger partial charge is 0.319 e. The van der Waals surface area contributed by atoms with Crippen LogP contribution in [0.25, 0.3) is 0 Å². The summed E-state index contributed by atoms with van der Waals surface area (Å²) in [6.45, 7) is 17.6. The van der Waals surface area contributed by atoms with Gasteiger partial charge in [0, 0.05) is 37.0 Å². The van der Waals surface area contributed by atoms with Gasteiger partial charge in [0.1, 0.15) is 68.2 Å². The van der Waals surface area contributed by atoms with E-state index < -0.39 is 97.7 Å². The van der Waals surface area contributed by atoms with Gasteiger partial charge >= 0.3 is 41.8 Å². The largest absolute Gasteiger partial charge is 0.464 e. The van der Waals surface area contributed by atoms with Gasteiger partial charge in [-0.1, -0.05) is 458 Å². The van der Waals surface area contributed by atoms with Crippen LogP contribution in [0.2, 0.25) is 0 Å². The molecule has 0 aliphatic heterocycles. The van der Waals surface area contributed by atoms with E-state index in [9.17, 15) is 33.6 Å². The van der Waals surface area contributed by atoms with E-state index in [2.05, 4.69) is 70.5 Å². The summed E-state index contributed by atoms with van der Waals surface area (Å²) in [5, 5.41) is 8.69. The fourth-order valence-corrected chi connectivity index (χ4v) is 17.6. The third kappa shape index (κ3) is 70.3. The molecular weight excluding hydrogens is 1580 g/mol. The lowest BCUT2D eigenvalue weighted by atomic mass is 9.90. The molecule has 0 fully saturated rings. The number of thioether (sulfide) groups is 1. The summed E-state index contributed by atoms with van der Waals surface area (Å²) in [6, 6.07) is 0. The number of carbonyl (C=O) groups is 7. The highest BCUT2D eigenvalue weighted by molar-refractivity contribution is 8.00. The molecular formula is C107H199N3O14S. The summed E-state index contributed by atoms with van der Waals surface area (Å²) < 4.78 is 43.8.